The number of nitrogens with one attached hydrogen (secondary N) is 2. The van der Waals surface area contributed by atoms with Crippen LogP contribution in [0.2, 0.25) is 5.02 Å². The van der Waals surface area contributed by atoms with E-state index in [0.717, 1.165) is 32.0 Å². The molecule has 2 aliphatic rings. The Kier molecular flexibility index (Phi) is 5.70. The van der Waals surface area contributed by atoms with Gasteiger partial charge in [0, 0.05) is 55.9 Å². The maximum absolute atomic E-state index is 15.1. The molecule has 2 heterocycles. The number of aromatic nitrogens is 1. The summed E-state index contributed by atoms with van der Waals surface area (Å²) in [6, 6.07) is 6.66. The van der Waals surface area contributed by atoms with Crippen molar-refractivity contribution in [3.63, 3.8) is 0 Å². The van der Waals surface area contributed by atoms with Crippen LogP contribution in [0.4, 0.5) is 21.5 Å². The quantitative estimate of drug-likeness (QED) is 0.421. The van der Waals surface area contributed by atoms with Gasteiger partial charge in [0.05, 0.1) is 26.8 Å². The number of nitro benzene ring substituents is 1. The van der Waals surface area contributed by atoms with Gasteiger partial charge in [0.25, 0.3) is 11.6 Å². The summed E-state index contributed by atoms with van der Waals surface area (Å²) in [4.78, 5) is 38.5. The van der Waals surface area contributed by atoms with Gasteiger partial charge in [-0.2, -0.15) is 0 Å². The summed E-state index contributed by atoms with van der Waals surface area (Å²) < 4.78 is 17.0. The third kappa shape index (κ3) is 4.10. The molecule has 1 amide bonds. The Morgan fingerprint density at radius 3 is 2.59 bits per heavy atom. The van der Waals surface area contributed by atoms with Crippen LogP contribution < -0.4 is 21.0 Å². The predicted octanol–water partition coefficient (Wildman–Crippen LogP) is 3.70. The topological polar surface area (TPSA) is 110 Å². The number of fused-ring (bicyclic) bond motifs is 1. The fourth-order valence-electron chi connectivity index (χ4n) is 4.23. The van der Waals surface area contributed by atoms with Gasteiger partial charge in [-0.1, -0.05) is 11.6 Å². The summed E-state index contributed by atoms with van der Waals surface area (Å²) in [6.07, 6.45) is 3.30. The van der Waals surface area contributed by atoms with Gasteiger partial charge in [-0.15, -0.1) is 0 Å². The molecule has 3 aromatic rings. The Labute approximate surface area is 198 Å². The minimum atomic E-state index is -0.719. The lowest BCUT2D eigenvalue weighted by Crippen LogP contribution is -2.43. The maximum atomic E-state index is 15.1. The first-order valence-corrected chi connectivity index (χ1v) is 11.3. The minimum absolute atomic E-state index is 0.0300. The molecule has 1 aliphatic heterocycles. The van der Waals surface area contributed by atoms with Crippen LogP contribution in [0.5, 0.6) is 0 Å². The average molecular weight is 486 g/mol. The van der Waals surface area contributed by atoms with Crippen molar-refractivity contribution in [3.05, 3.63) is 73.3 Å². The van der Waals surface area contributed by atoms with Gasteiger partial charge in [-0.3, -0.25) is 19.7 Å². The number of halogens is 2. The van der Waals surface area contributed by atoms with E-state index in [2.05, 4.69) is 10.6 Å². The Bertz CT molecular complexity index is 1380. The molecule has 0 bridgehead atoms. The molecule has 9 nitrogen and oxygen atoms in total. The lowest BCUT2D eigenvalue weighted by Gasteiger charge is -2.30. The van der Waals surface area contributed by atoms with Crippen molar-refractivity contribution in [1.82, 2.24) is 9.88 Å². The molecule has 34 heavy (non-hydrogen) atoms. The molecule has 2 N–H and O–H groups in total. The summed E-state index contributed by atoms with van der Waals surface area (Å²) in [5.74, 6) is -1.23. The number of anilines is 2. The smallest absolute Gasteiger partial charge is 0.271 e. The zero-order chi connectivity index (χ0) is 24.0. The van der Waals surface area contributed by atoms with Gasteiger partial charge in [0.1, 0.15) is 11.4 Å². The van der Waals surface area contributed by atoms with E-state index in [1.807, 2.05) is 9.47 Å². The number of nitro groups is 1. The first-order chi connectivity index (χ1) is 16.3. The van der Waals surface area contributed by atoms with E-state index >= 15 is 4.39 Å². The maximum Gasteiger partial charge on any atom is 0.271 e. The second-order valence-corrected chi connectivity index (χ2v) is 8.85. The Balaban J connectivity index is 1.56. The Hall–Kier alpha value is -3.50. The van der Waals surface area contributed by atoms with Gasteiger partial charge < -0.3 is 20.1 Å². The molecule has 2 aromatic carbocycles. The van der Waals surface area contributed by atoms with Crippen LogP contribution in [0.25, 0.3) is 10.9 Å². The van der Waals surface area contributed by atoms with Gasteiger partial charge in [0.2, 0.25) is 5.43 Å². The van der Waals surface area contributed by atoms with Crippen LogP contribution in [-0.4, -0.2) is 41.6 Å². The SMILES string of the molecule is O=C(Nc1ccc([N+](=O)[O-])cc1Cl)c1cn(C2CC2)c2cc(N3CCNCC3)c(F)cc2c1=O. The number of benzene rings is 2. The number of rotatable bonds is 5. The first kappa shape index (κ1) is 22.3. The Morgan fingerprint density at radius 1 is 1.21 bits per heavy atom. The monoisotopic (exact) mass is 485 g/mol. The molecule has 1 aliphatic carbocycles. The highest BCUT2D eigenvalue weighted by Gasteiger charge is 2.28. The van der Waals surface area contributed by atoms with Gasteiger partial charge in [-0.05, 0) is 31.0 Å². The number of pyridine rings is 1. The summed E-state index contributed by atoms with van der Waals surface area (Å²) >= 11 is 6.08. The molecule has 1 saturated heterocycles. The molecule has 1 saturated carbocycles. The number of amides is 1. The fraction of sp³-hybridized carbons (Fsp3) is 0.304. The summed E-state index contributed by atoms with van der Waals surface area (Å²) in [5.41, 5.74) is 0.205. The molecule has 0 radical (unpaired) electrons. The van der Waals surface area contributed by atoms with Gasteiger partial charge in [-0.25, -0.2) is 4.39 Å². The fourth-order valence-corrected chi connectivity index (χ4v) is 4.45. The van der Waals surface area contributed by atoms with Crippen LogP contribution >= 0.6 is 11.6 Å². The summed E-state index contributed by atoms with van der Waals surface area (Å²) in [7, 11) is 0. The molecule has 5 rings (SSSR count). The van der Waals surface area contributed by atoms with Crippen molar-refractivity contribution < 1.29 is 14.1 Å². The van der Waals surface area contributed by atoms with Gasteiger partial charge in [0.15, 0.2) is 0 Å². The van der Waals surface area contributed by atoms with Crippen molar-refractivity contribution in [2.45, 2.75) is 18.9 Å². The largest absolute Gasteiger partial charge is 0.367 e. The molecule has 0 atom stereocenters. The van der Waals surface area contributed by atoms with Crippen LogP contribution in [0.15, 0.2) is 41.3 Å². The number of nitrogens with zero attached hydrogens (tertiary/aromatic N) is 3. The summed E-state index contributed by atoms with van der Waals surface area (Å²) in [5, 5.41) is 16.8. The second kappa shape index (κ2) is 8.69. The standard InChI is InChI=1S/C23H21ClFN5O4/c24-17-9-14(30(33)34)3-4-19(17)27-23(32)16-12-29(13-1-2-13)20-11-21(28-7-5-26-6-8-28)18(25)10-15(20)22(16)31/h3-4,9-13,26H,1-2,5-8H2,(H,27,32). The van der Waals surface area contributed by atoms with E-state index in [1.165, 1.54) is 24.4 Å². The zero-order valence-electron chi connectivity index (χ0n) is 18.0. The number of carbonyl (C=O) groups is 1. The highest BCUT2D eigenvalue weighted by molar-refractivity contribution is 6.34. The molecule has 1 aromatic heterocycles. The highest BCUT2D eigenvalue weighted by atomic mass is 35.5. The molecule has 0 unspecified atom stereocenters. The zero-order valence-corrected chi connectivity index (χ0v) is 18.8. The van der Waals surface area contributed by atoms with Crippen molar-refractivity contribution in [3.8, 4) is 0 Å². The molecule has 176 valence electrons. The number of hydrogen-bond donors (Lipinski definition) is 2. The normalized spacial score (nSPS) is 16.0. The van der Waals surface area contributed by atoms with Crippen LogP contribution in [-0.2, 0) is 0 Å². The van der Waals surface area contributed by atoms with Crippen LogP contribution in [0.3, 0.4) is 0 Å². The van der Waals surface area contributed by atoms with Crippen molar-refractivity contribution >= 4 is 45.5 Å². The van der Waals surface area contributed by atoms with E-state index in [1.54, 1.807) is 6.07 Å². The third-order valence-corrected chi connectivity index (χ3v) is 6.47. The van der Waals surface area contributed by atoms with Crippen molar-refractivity contribution in [2.75, 3.05) is 36.4 Å². The predicted molar refractivity (Wildman–Crippen MR) is 128 cm³/mol. The molecular weight excluding hydrogens is 465 g/mol. The number of carbonyl (C=O) groups excluding carboxylic acids is 1. The van der Waals surface area contributed by atoms with E-state index in [0.29, 0.717) is 24.3 Å². The van der Waals surface area contributed by atoms with E-state index < -0.39 is 22.1 Å². The lowest BCUT2D eigenvalue weighted by molar-refractivity contribution is -0.384. The number of hydrogen-bond acceptors (Lipinski definition) is 6. The number of non-ortho nitro benzene ring substituents is 1. The van der Waals surface area contributed by atoms with Crippen LogP contribution in [0, 0.1) is 15.9 Å². The third-order valence-electron chi connectivity index (χ3n) is 6.16. The molecule has 2 fully saturated rings. The summed E-state index contributed by atoms with van der Waals surface area (Å²) in [6.45, 7) is 2.81. The second-order valence-electron chi connectivity index (χ2n) is 8.44. The molecular formula is C23H21ClFN5O4. The first-order valence-electron chi connectivity index (χ1n) is 10.9. The van der Waals surface area contributed by atoms with Crippen molar-refractivity contribution in [1.29, 1.82) is 0 Å². The van der Waals surface area contributed by atoms with E-state index in [-0.39, 0.29) is 33.4 Å². The van der Waals surface area contributed by atoms with E-state index in [4.69, 9.17) is 11.6 Å². The molecule has 0 spiro atoms. The van der Waals surface area contributed by atoms with Crippen LogP contribution in [0.1, 0.15) is 29.2 Å². The van der Waals surface area contributed by atoms with Crippen molar-refractivity contribution in [2.24, 2.45) is 0 Å². The minimum Gasteiger partial charge on any atom is -0.367 e. The average Bonchev–Trinajstić information content (AvgIpc) is 3.66. The molecule has 11 heteroatoms. The lowest BCUT2D eigenvalue weighted by atomic mass is 10.1. The highest BCUT2D eigenvalue weighted by Crippen LogP contribution is 2.38. The van der Waals surface area contributed by atoms with Gasteiger partial charge >= 0.3 is 0 Å². The Morgan fingerprint density at radius 2 is 1.94 bits per heavy atom. The number of piperazine rings is 1. The van der Waals surface area contributed by atoms with E-state index in [9.17, 15) is 19.7 Å².